The second kappa shape index (κ2) is 7.33. The first-order valence-corrected chi connectivity index (χ1v) is 9.72. The van der Waals surface area contributed by atoms with Crippen LogP contribution < -0.4 is 0 Å². The molecule has 2 bridgehead atoms. The van der Waals surface area contributed by atoms with Gasteiger partial charge in [-0.3, -0.25) is 4.90 Å². The van der Waals surface area contributed by atoms with E-state index in [0.29, 0.717) is 12.1 Å². The van der Waals surface area contributed by atoms with Crippen molar-refractivity contribution in [2.45, 2.75) is 103 Å². The van der Waals surface area contributed by atoms with Gasteiger partial charge in [-0.15, -0.1) is 0 Å². The van der Waals surface area contributed by atoms with Crippen molar-refractivity contribution >= 4 is 5.71 Å². The van der Waals surface area contributed by atoms with Crippen molar-refractivity contribution in [3.63, 3.8) is 0 Å². The maximum Gasteiger partial charge on any atom is 0.0601 e. The molecule has 0 aromatic rings. The van der Waals surface area contributed by atoms with Crippen LogP contribution in [-0.2, 0) is 0 Å². The van der Waals surface area contributed by atoms with Gasteiger partial charge in [-0.2, -0.15) is 0 Å². The van der Waals surface area contributed by atoms with Crippen LogP contribution in [0, 0.1) is 11.8 Å². The third kappa shape index (κ3) is 3.34. The number of hydrogen-bond donors (Lipinski definition) is 1. The number of piperidine rings is 2. The van der Waals surface area contributed by atoms with E-state index in [-0.39, 0.29) is 0 Å². The van der Waals surface area contributed by atoms with Gasteiger partial charge in [0.2, 0.25) is 0 Å². The van der Waals surface area contributed by atoms with Crippen LogP contribution in [-0.4, -0.2) is 33.9 Å². The summed E-state index contributed by atoms with van der Waals surface area (Å²) < 4.78 is 0. The summed E-state index contributed by atoms with van der Waals surface area (Å²) in [6.07, 6.45) is 14.4. The van der Waals surface area contributed by atoms with E-state index in [1.165, 1.54) is 57.8 Å². The lowest BCUT2D eigenvalue weighted by atomic mass is 9.72. The minimum atomic E-state index is 0.654. The Morgan fingerprint density at radius 3 is 2.27 bits per heavy atom. The van der Waals surface area contributed by atoms with E-state index in [0.717, 1.165) is 36.4 Å². The van der Waals surface area contributed by atoms with Crippen molar-refractivity contribution in [3.8, 4) is 0 Å². The van der Waals surface area contributed by atoms with E-state index in [2.05, 4.69) is 23.9 Å². The predicted molar refractivity (Wildman–Crippen MR) is 91.5 cm³/mol. The number of fused-ring (bicyclic) bond motifs is 2. The molecule has 3 aliphatic rings. The first-order valence-electron chi connectivity index (χ1n) is 9.72. The van der Waals surface area contributed by atoms with Gasteiger partial charge in [0, 0.05) is 31.0 Å². The molecule has 0 unspecified atom stereocenters. The maximum absolute atomic E-state index is 9.20. The fourth-order valence-electron chi connectivity index (χ4n) is 5.66. The first-order chi connectivity index (χ1) is 10.7. The average Bonchev–Trinajstić information content (AvgIpc) is 2.53. The van der Waals surface area contributed by atoms with Gasteiger partial charge < -0.3 is 5.21 Å². The summed E-state index contributed by atoms with van der Waals surface area (Å²) in [5, 5.41) is 12.8. The van der Waals surface area contributed by atoms with E-state index < -0.39 is 0 Å². The minimum absolute atomic E-state index is 0.654. The van der Waals surface area contributed by atoms with Crippen molar-refractivity contribution in [2.75, 3.05) is 0 Å². The third-order valence-corrected chi connectivity index (χ3v) is 6.58. The molecule has 1 N–H and O–H groups in total. The second-order valence-corrected chi connectivity index (χ2v) is 8.05. The van der Waals surface area contributed by atoms with Crippen molar-refractivity contribution in [3.05, 3.63) is 0 Å². The van der Waals surface area contributed by atoms with Gasteiger partial charge in [-0.25, -0.2) is 0 Å². The van der Waals surface area contributed by atoms with Gasteiger partial charge in [-0.05, 0) is 43.9 Å². The Labute approximate surface area is 136 Å². The van der Waals surface area contributed by atoms with E-state index in [4.69, 9.17) is 0 Å². The highest BCUT2D eigenvalue weighted by Crippen LogP contribution is 2.42. The molecule has 2 saturated heterocycles. The van der Waals surface area contributed by atoms with Gasteiger partial charge in [-0.1, -0.05) is 44.7 Å². The van der Waals surface area contributed by atoms with Gasteiger partial charge in [0.25, 0.3) is 0 Å². The SMILES string of the molecule is CCC[C@H]1C[C@@H](CC)C[C@H](N2[C@@H]3CCC[C@H]2C/C(=N/O)C3)C1. The van der Waals surface area contributed by atoms with Crippen LogP contribution in [0.5, 0.6) is 0 Å². The van der Waals surface area contributed by atoms with Crippen LogP contribution in [0.15, 0.2) is 5.16 Å². The molecule has 1 aliphatic carbocycles. The fourth-order valence-corrected chi connectivity index (χ4v) is 5.66. The Bertz CT molecular complexity index is 379. The molecule has 3 fully saturated rings. The molecule has 2 heterocycles. The van der Waals surface area contributed by atoms with E-state index >= 15 is 0 Å². The van der Waals surface area contributed by atoms with E-state index in [9.17, 15) is 5.21 Å². The van der Waals surface area contributed by atoms with Crippen LogP contribution in [0.4, 0.5) is 0 Å². The topological polar surface area (TPSA) is 35.8 Å². The summed E-state index contributed by atoms with van der Waals surface area (Å²) in [5.74, 6) is 1.88. The van der Waals surface area contributed by atoms with E-state index in [1.54, 1.807) is 0 Å². The standard InChI is InChI=1S/C19H34N2O/c1-3-6-15-9-14(4-2)10-19(11-15)21-17-7-5-8-18(21)13-16(12-17)20-22/h14-15,17-19,22H,3-13H2,1-2H3/b20-16-/t14-,15+,17+,18-,19+/m1/s1. The van der Waals surface area contributed by atoms with Crippen LogP contribution in [0.3, 0.4) is 0 Å². The third-order valence-electron chi connectivity index (χ3n) is 6.58. The van der Waals surface area contributed by atoms with Crippen LogP contribution in [0.25, 0.3) is 0 Å². The number of rotatable bonds is 4. The predicted octanol–water partition coefficient (Wildman–Crippen LogP) is 4.83. The van der Waals surface area contributed by atoms with Gasteiger partial charge in [0.15, 0.2) is 0 Å². The zero-order chi connectivity index (χ0) is 15.5. The molecule has 2 aliphatic heterocycles. The Balaban J connectivity index is 1.73. The Morgan fingerprint density at radius 1 is 1.00 bits per heavy atom. The summed E-state index contributed by atoms with van der Waals surface area (Å²) in [6.45, 7) is 4.72. The monoisotopic (exact) mass is 306 g/mol. The summed E-state index contributed by atoms with van der Waals surface area (Å²) in [5.41, 5.74) is 1.05. The average molecular weight is 306 g/mol. The van der Waals surface area contributed by atoms with Crippen molar-refractivity contribution in [1.82, 2.24) is 4.90 Å². The van der Waals surface area contributed by atoms with Crippen LogP contribution >= 0.6 is 0 Å². The molecular weight excluding hydrogens is 272 g/mol. The molecular formula is C19H34N2O. The number of oxime groups is 1. The largest absolute Gasteiger partial charge is 0.411 e. The highest BCUT2D eigenvalue weighted by Gasteiger charge is 2.42. The molecule has 0 aromatic carbocycles. The molecule has 126 valence electrons. The molecule has 3 nitrogen and oxygen atoms in total. The quantitative estimate of drug-likeness (QED) is 0.596. The molecule has 0 amide bonds. The molecule has 0 aromatic heterocycles. The summed E-state index contributed by atoms with van der Waals surface area (Å²) in [7, 11) is 0. The molecule has 1 saturated carbocycles. The van der Waals surface area contributed by atoms with Gasteiger partial charge in [0.05, 0.1) is 5.71 Å². The van der Waals surface area contributed by atoms with Crippen molar-refractivity contribution < 1.29 is 5.21 Å². The summed E-state index contributed by atoms with van der Waals surface area (Å²) in [4.78, 5) is 2.89. The first kappa shape index (κ1) is 16.3. The maximum atomic E-state index is 9.20. The lowest BCUT2D eigenvalue weighted by molar-refractivity contribution is -0.00716. The number of nitrogens with zero attached hydrogens (tertiary/aromatic N) is 2. The van der Waals surface area contributed by atoms with Crippen molar-refractivity contribution in [2.24, 2.45) is 17.0 Å². The van der Waals surface area contributed by atoms with Gasteiger partial charge in [0.1, 0.15) is 0 Å². The molecule has 0 radical (unpaired) electrons. The molecule has 0 spiro atoms. The van der Waals surface area contributed by atoms with Crippen LogP contribution in [0.2, 0.25) is 0 Å². The smallest absolute Gasteiger partial charge is 0.0601 e. The Hall–Kier alpha value is -0.570. The molecule has 5 atom stereocenters. The molecule has 3 heteroatoms. The zero-order valence-electron chi connectivity index (χ0n) is 14.5. The Morgan fingerprint density at radius 2 is 1.68 bits per heavy atom. The van der Waals surface area contributed by atoms with Gasteiger partial charge >= 0.3 is 0 Å². The highest BCUT2D eigenvalue weighted by molar-refractivity contribution is 5.86. The number of hydrogen-bond acceptors (Lipinski definition) is 3. The normalized spacial score (nSPS) is 41.7. The van der Waals surface area contributed by atoms with Crippen LogP contribution in [0.1, 0.15) is 84.5 Å². The zero-order valence-corrected chi connectivity index (χ0v) is 14.5. The lowest BCUT2D eigenvalue weighted by Crippen LogP contribution is -2.58. The second-order valence-electron chi connectivity index (χ2n) is 8.05. The minimum Gasteiger partial charge on any atom is -0.411 e. The summed E-state index contributed by atoms with van der Waals surface area (Å²) in [6, 6.07) is 2.10. The fraction of sp³-hybridized carbons (Fsp3) is 0.947. The molecule has 3 rings (SSSR count). The highest BCUT2D eigenvalue weighted by atomic mass is 16.4. The van der Waals surface area contributed by atoms with Crippen molar-refractivity contribution in [1.29, 1.82) is 0 Å². The molecule has 22 heavy (non-hydrogen) atoms. The van der Waals surface area contributed by atoms with E-state index in [1.807, 2.05) is 0 Å². The Kier molecular flexibility index (Phi) is 5.43. The summed E-state index contributed by atoms with van der Waals surface area (Å²) >= 11 is 0. The lowest BCUT2D eigenvalue weighted by Gasteiger charge is -2.53.